The van der Waals surface area contributed by atoms with Gasteiger partial charge in [0.15, 0.2) is 5.82 Å². The van der Waals surface area contributed by atoms with Gasteiger partial charge in [-0.2, -0.15) is 0 Å². The van der Waals surface area contributed by atoms with Crippen LogP contribution in [0.15, 0.2) is 23.6 Å². The molecule has 0 bridgehead atoms. The van der Waals surface area contributed by atoms with E-state index in [0.717, 1.165) is 16.4 Å². The molecular weight excluding hydrogens is 218 g/mol. The van der Waals surface area contributed by atoms with Crippen molar-refractivity contribution in [3.8, 4) is 10.7 Å². The maximum atomic E-state index is 5.82. The van der Waals surface area contributed by atoms with Gasteiger partial charge in [0.1, 0.15) is 5.82 Å². The third kappa shape index (κ3) is 2.22. The number of anilines is 1. The summed E-state index contributed by atoms with van der Waals surface area (Å²) in [5.41, 5.74) is 6.78. The van der Waals surface area contributed by atoms with Crippen molar-refractivity contribution in [2.45, 2.75) is 26.2 Å². The predicted octanol–water partition coefficient (Wildman–Crippen LogP) is 3.08. The Hall–Kier alpha value is -1.42. The third-order valence-corrected chi connectivity index (χ3v) is 3.12. The smallest absolute Gasteiger partial charge is 0.171 e. The fraction of sp³-hybridized carbons (Fsp3) is 0.333. The average Bonchev–Trinajstić information content (AvgIpc) is 2.68. The molecule has 0 saturated carbocycles. The van der Waals surface area contributed by atoms with Crippen molar-refractivity contribution >= 4 is 17.2 Å². The van der Waals surface area contributed by atoms with Gasteiger partial charge in [-0.3, -0.25) is 0 Å². The molecule has 0 fully saturated rings. The summed E-state index contributed by atoms with van der Waals surface area (Å²) >= 11 is 1.62. The lowest BCUT2D eigenvalue weighted by molar-refractivity contribution is 0.568. The zero-order valence-corrected chi connectivity index (χ0v) is 10.5. The number of rotatable bonds is 1. The number of hydrogen-bond acceptors (Lipinski definition) is 4. The molecule has 16 heavy (non-hydrogen) atoms. The molecule has 0 aromatic carbocycles. The van der Waals surface area contributed by atoms with Gasteiger partial charge in [0, 0.05) is 11.5 Å². The maximum Gasteiger partial charge on any atom is 0.171 e. The quantitative estimate of drug-likeness (QED) is 0.823. The number of thiophene rings is 1. The topological polar surface area (TPSA) is 51.8 Å². The van der Waals surface area contributed by atoms with E-state index in [9.17, 15) is 0 Å². The molecule has 2 aromatic heterocycles. The molecule has 0 amide bonds. The molecule has 84 valence electrons. The van der Waals surface area contributed by atoms with E-state index in [0.29, 0.717) is 5.82 Å². The Kier molecular flexibility index (Phi) is 2.68. The molecular formula is C12H15N3S. The van der Waals surface area contributed by atoms with E-state index >= 15 is 0 Å². The Morgan fingerprint density at radius 1 is 1.25 bits per heavy atom. The highest BCUT2D eigenvalue weighted by Gasteiger charge is 2.18. The van der Waals surface area contributed by atoms with Crippen LogP contribution in [0.2, 0.25) is 0 Å². The summed E-state index contributed by atoms with van der Waals surface area (Å²) in [4.78, 5) is 9.89. The van der Waals surface area contributed by atoms with Gasteiger partial charge in [0.05, 0.1) is 10.6 Å². The number of hydrogen-bond donors (Lipinski definition) is 1. The lowest BCUT2D eigenvalue weighted by Crippen LogP contribution is -2.15. The van der Waals surface area contributed by atoms with Crippen LogP contribution < -0.4 is 5.73 Å². The van der Waals surface area contributed by atoms with E-state index < -0.39 is 0 Å². The molecule has 2 aromatic rings. The minimum Gasteiger partial charge on any atom is -0.384 e. The maximum absolute atomic E-state index is 5.82. The molecule has 0 aliphatic rings. The highest BCUT2D eigenvalue weighted by molar-refractivity contribution is 7.13. The lowest BCUT2D eigenvalue weighted by Gasteiger charge is -2.18. The van der Waals surface area contributed by atoms with Crippen molar-refractivity contribution in [2.24, 2.45) is 0 Å². The zero-order chi connectivity index (χ0) is 11.8. The predicted molar refractivity (Wildman–Crippen MR) is 68.5 cm³/mol. The Morgan fingerprint density at radius 2 is 2.00 bits per heavy atom. The number of nitrogens with zero attached hydrogens (tertiary/aromatic N) is 2. The average molecular weight is 233 g/mol. The number of nitrogens with two attached hydrogens (primary N) is 1. The Labute approximate surface area is 99.4 Å². The summed E-state index contributed by atoms with van der Waals surface area (Å²) in [7, 11) is 0. The molecule has 2 rings (SSSR count). The zero-order valence-electron chi connectivity index (χ0n) is 9.69. The van der Waals surface area contributed by atoms with Gasteiger partial charge in [-0.1, -0.05) is 26.8 Å². The molecule has 0 spiro atoms. The molecule has 2 heterocycles. The molecule has 3 nitrogen and oxygen atoms in total. The van der Waals surface area contributed by atoms with Crippen LogP contribution >= 0.6 is 11.3 Å². The van der Waals surface area contributed by atoms with Gasteiger partial charge >= 0.3 is 0 Å². The van der Waals surface area contributed by atoms with Crippen LogP contribution in [0.3, 0.4) is 0 Å². The molecule has 0 aliphatic carbocycles. The number of aromatic nitrogens is 2. The molecule has 4 heteroatoms. The fourth-order valence-corrected chi connectivity index (χ4v) is 2.02. The first-order valence-electron chi connectivity index (χ1n) is 5.16. The Balaban J connectivity index is 2.53. The van der Waals surface area contributed by atoms with Crippen molar-refractivity contribution in [1.82, 2.24) is 9.97 Å². The molecule has 2 N–H and O–H groups in total. The van der Waals surface area contributed by atoms with Gasteiger partial charge < -0.3 is 5.73 Å². The fourth-order valence-electron chi connectivity index (χ4n) is 1.37. The SMILES string of the molecule is CC(C)(C)c1cc(N)nc(-c2cccs2)n1. The second-order valence-corrected chi connectivity index (χ2v) is 5.68. The molecule has 0 atom stereocenters. The Bertz CT molecular complexity index is 483. The van der Waals surface area contributed by atoms with Crippen molar-refractivity contribution < 1.29 is 0 Å². The minimum absolute atomic E-state index is 0.0108. The van der Waals surface area contributed by atoms with Crippen LogP contribution in [0.5, 0.6) is 0 Å². The van der Waals surface area contributed by atoms with E-state index in [1.807, 2.05) is 23.6 Å². The van der Waals surface area contributed by atoms with Crippen LogP contribution in [-0.2, 0) is 5.41 Å². The standard InChI is InChI=1S/C12H15N3S/c1-12(2,3)9-7-10(13)15-11(14-9)8-5-4-6-16-8/h4-7H,1-3H3,(H2,13,14,15). The van der Waals surface area contributed by atoms with Crippen molar-refractivity contribution in [1.29, 1.82) is 0 Å². The van der Waals surface area contributed by atoms with E-state index in [1.165, 1.54) is 0 Å². The van der Waals surface area contributed by atoms with Crippen molar-refractivity contribution in [2.75, 3.05) is 5.73 Å². The third-order valence-electron chi connectivity index (χ3n) is 2.26. The Morgan fingerprint density at radius 3 is 2.56 bits per heavy atom. The summed E-state index contributed by atoms with van der Waals surface area (Å²) in [6.07, 6.45) is 0. The van der Waals surface area contributed by atoms with Crippen LogP contribution in [0.1, 0.15) is 26.5 Å². The summed E-state index contributed by atoms with van der Waals surface area (Å²) in [5, 5.41) is 2.01. The van der Waals surface area contributed by atoms with Crippen LogP contribution in [0.4, 0.5) is 5.82 Å². The first-order valence-corrected chi connectivity index (χ1v) is 6.04. The molecule has 0 unspecified atom stereocenters. The normalized spacial score (nSPS) is 11.7. The summed E-state index contributed by atoms with van der Waals surface area (Å²) in [6.45, 7) is 6.35. The molecule has 0 aliphatic heterocycles. The van der Waals surface area contributed by atoms with E-state index in [1.54, 1.807) is 11.3 Å². The largest absolute Gasteiger partial charge is 0.384 e. The minimum atomic E-state index is -0.0108. The van der Waals surface area contributed by atoms with E-state index in [2.05, 4.69) is 30.7 Å². The number of nitrogen functional groups attached to an aromatic ring is 1. The van der Waals surface area contributed by atoms with Crippen LogP contribution in [-0.4, -0.2) is 9.97 Å². The summed E-state index contributed by atoms with van der Waals surface area (Å²) < 4.78 is 0. The van der Waals surface area contributed by atoms with Gasteiger partial charge in [0.25, 0.3) is 0 Å². The second-order valence-electron chi connectivity index (χ2n) is 4.73. The highest BCUT2D eigenvalue weighted by Crippen LogP contribution is 2.26. The second kappa shape index (κ2) is 3.87. The summed E-state index contributed by atoms with van der Waals surface area (Å²) in [5.74, 6) is 1.25. The van der Waals surface area contributed by atoms with Crippen LogP contribution in [0, 0.1) is 0 Å². The van der Waals surface area contributed by atoms with E-state index in [-0.39, 0.29) is 5.41 Å². The van der Waals surface area contributed by atoms with Gasteiger partial charge in [0.2, 0.25) is 0 Å². The summed E-state index contributed by atoms with van der Waals surface area (Å²) in [6, 6.07) is 5.84. The van der Waals surface area contributed by atoms with Crippen molar-refractivity contribution in [3.63, 3.8) is 0 Å². The monoisotopic (exact) mass is 233 g/mol. The molecule has 0 saturated heterocycles. The van der Waals surface area contributed by atoms with Crippen LogP contribution in [0.25, 0.3) is 10.7 Å². The van der Waals surface area contributed by atoms with Crippen molar-refractivity contribution in [3.05, 3.63) is 29.3 Å². The van der Waals surface area contributed by atoms with Gasteiger partial charge in [-0.15, -0.1) is 11.3 Å². The van der Waals surface area contributed by atoms with Gasteiger partial charge in [-0.25, -0.2) is 9.97 Å². The lowest BCUT2D eigenvalue weighted by atomic mass is 9.92. The highest BCUT2D eigenvalue weighted by atomic mass is 32.1. The van der Waals surface area contributed by atoms with E-state index in [4.69, 9.17) is 5.73 Å². The first-order chi connectivity index (χ1) is 7.47. The van der Waals surface area contributed by atoms with Gasteiger partial charge in [-0.05, 0) is 11.4 Å². The molecule has 0 radical (unpaired) electrons. The first kappa shape index (κ1) is 11.1.